The molecule has 0 spiro atoms. The van der Waals surface area contributed by atoms with Crippen molar-refractivity contribution < 1.29 is 4.79 Å². The molecule has 0 aliphatic rings. The Bertz CT molecular complexity index is 434. The second-order valence-electron chi connectivity index (χ2n) is 3.24. The summed E-state index contributed by atoms with van der Waals surface area (Å²) in [5.41, 5.74) is 2.14. The van der Waals surface area contributed by atoms with Gasteiger partial charge in [0.15, 0.2) is 0 Å². The van der Waals surface area contributed by atoms with E-state index < -0.39 is 0 Å². The summed E-state index contributed by atoms with van der Waals surface area (Å²) in [6, 6.07) is 5.93. The number of carbonyl (C=O) groups excluding carboxylic acids is 1. The normalized spacial score (nSPS) is 10.6. The molecule has 0 unspecified atom stereocenters. The highest BCUT2D eigenvalue weighted by Gasteiger charge is 2.00. The van der Waals surface area contributed by atoms with Crippen molar-refractivity contribution in [2.24, 2.45) is 0 Å². The standard InChI is InChI=1S/C11H12N2O/c14-8-4-2-5-10-9-12-11-6-1-3-7-13(10)11/h1,3,6-9H,2,4-5H2. The Morgan fingerprint density at radius 1 is 1.43 bits per heavy atom. The van der Waals surface area contributed by atoms with Crippen molar-refractivity contribution in [2.75, 3.05) is 0 Å². The summed E-state index contributed by atoms with van der Waals surface area (Å²) in [7, 11) is 0. The molecule has 2 heterocycles. The van der Waals surface area contributed by atoms with Crippen LogP contribution in [0.3, 0.4) is 0 Å². The maximum atomic E-state index is 10.2. The average Bonchev–Trinajstić information content (AvgIpc) is 2.63. The van der Waals surface area contributed by atoms with E-state index in [0.717, 1.165) is 24.8 Å². The second-order valence-corrected chi connectivity index (χ2v) is 3.24. The summed E-state index contributed by atoms with van der Waals surface area (Å²) in [5, 5.41) is 0. The topological polar surface area (TPSA) is 34.4 Å². The van der Waals surface area contributed by atoms with Crippen molar-refractivity contribution in [1.29, 1.82) is 0 Å². The number of imidazole rings is 1. The predicted octanol–water partition coefficient (Wildman–Crippen LogP) is 1.86. The molecule has 0 bridgehead atoms. The molecule has 2 aromatic heterocycles. The molecule has 0 atom stereocenters. The fourth-order valence-electron chi connectivity index (χ4n) is 1.54. The molecule has 0 amide bonds. The van der Waals surface area contributed by atoms with Crippen LogP contribution in [0.4, 0.5) is 0 Å². The van der Waals surface area contributed by atoms with E-state index in [1.807, 2.05) is 30.6 Å². The van der Waals surface area contributed by atoms with Crippen LogP contribution in [0.25, 0.3) is 5.65 Å². The van der Waals surface area contributed by atoms with Crippen molar-refractivity contribution in [3.63, 3.8) is 0 Å². The molecule has 3 heteroatoms. The molecule has 2 rings (SSSR count). The van der Waals surface area contributed by atoms with Crippen LogP contribution in [0.5, 0.6) is 0 Å². The zero-order valence-corrected chi connectivity index (χ0v) is 7.89. The van der Waals surface area contributed by atoms with Crippen LogP contribution in [0.2, 0.25) is 0 Å². The first-order valence-electron chi connectivity index (χ1n) is 4.76. The van der Waals surface area contributed by atoms with Crippen molar-refractivity contribution in [3.05, 3.63) is 36.3 Å². The van der Waals surface area contributed by atoms with Gasteiger partial charge in [0.05, 0.1) is 0 Å². The number of hydrogen-bond donors (Lipinski definition) is 0. The van der Waals surface area contributed by atoms with Gasteiger partial charge in [-0.05, 0) is 25.0 Å². The molecule has 0 saturated heterocycles. The number of aryl methyl sites for hydroxylation is 1. The fraction of sp³-hybridized carbons (Fsp3) is 0.273. The average molecular weight is 188 g/mol. The highest BCUT2D eigenvalue weighted by molar-refractivity contribution is 5.49. The van der Waals surface area contributed by atoms with Crippen LogP contribution in [-0.2, 0) is 11.2 Å². The maximum absolute atomic E-state index is 10.2. The van der Waals surface area contributed by atoms with Gasteiger partial charge in [-0.2, -0.15) is 0 Å². The monoisotopic (exact) mass is 188 g/mol. The zero-order chi connectivity index (χ0) is 9.80. The third-order valence-corrected chi connectivity index (χ3v) is 2.25. The van der Waals surface area contributed by atoms with Crippen LogP contribution in [-0.4, -0.2) is 15.7 Å². The molecule has 0 aliphatic heterocycles. The van der Waals surface area contributed by atoms with Crippen molar-refractivity contribution >= 4 is 11.9 Å². The van der Waals surface area contributed by atoms with Crippen LogP contribution >= 0.6 is 0 Å². The Hall–Kier alpha value is -1.64. The number of fused-ring (bicyclic) bond motifs is 1. The van der Waals surface area contributed by atoms with E-state index in [4.69, 9.17) is 0 Å². The van der Waals surface area contributed by atoms with Gasteiger partial charge in [-0.25, -0.2) is 4.98 Å². The first-order valence-corrected chi connectivity index (χ1v) is 4.76. The first kappa shape index (κ1) is 8.94. The zero-order valence-electron chi connectivity index (χ0n) is 7.89. The lowest BCUT2D eigenvalue weighted by Gasteiger charge is -1.98. The van der Waals surface area contributed by atoms with Gasteiger partial charge in [-0.1, -0.05) is 6.07 Å². The summed E-state index contributed by atoms with van der Waals surface area (Å²) < 4.78 is 2.06. The molecule has 0 N–H and O–H groups in total. The van der Waals surface area contributed by atoms with Crippen molar-refractivity contribution in [1.82, 2.24) is 9.38 Å². The van der Waals surface area contributed by atoms with E-state index in [9.17, 15) is 4.79 Å². The molecule has 14 heavy (non-hydrogen) atoms. The number of hydrogen-bond acceptors (Lipinski definition) is 2. The van der Waals surface area contributed by atoms with Gasteiger partial charge in [0.25, 0.3) is 0 Å². The lowest BCUT2D eigenvalue weighted by Crippen LogP contribution is -1.92. The summed E-state index contributed by atoms with van der Waals surface area (Å²) >= 11 is 0. The number of carbonyl (C=O) groups is 1. The molecule has 2 aromatic rings. The lowest BCUT2D eigenvalue weighted by atomic mass is 10.2. The maximum Gasteiger partial charge on any atom is 0.136 e. The largest absolute Gasteiger partial charge is 0.304 e. The Morgan fingerprint density at radius 2 is 2.36 bits per heavy atom. The van der Waals surface area contributed by atoms with Gasteiger partial charge in [0.2, 0.25) is 0 Å². The third-order valence-electron chi connectivity index (χ3n) is 2.25. The summed E-state index contributed by atoms with van der Waals surface area (Å²) in [6.07, 6.45) is 7.26. The summed E-state index contributed by atoms with van der Waals surface area (Å²) in [4.78, 5) is 14.4. The van der Waals surface area contributed by atoms with Crippen LogP contribution in [0.15, 0.2) is 30.6 Å². The van der Waals surface area contributed by atoms with Gasteiger partial charge < -0.3 is 9.20 Å². The Morgan fingerprint density at radius 3 is 3.21 bits per heavy atom. The molecular weight excluding hydrogens is 176 g/mol. The Kier molecular flexibility index (Phi) is 2.58. The molecule has 0 aliphatic carbocycles. The highest BCUT2D eigenvalue weighted by Crippen LogP contribution is 2.08. The van der Waals surface area contributed by atoms with E-state index in [2.05, 4.69) is 9.38 Å². The van der Waals surface area contributed by atoms with Crippen LogP contribution in [0.1, 0.15) is 18.5 Å². The van der Waals surface area contributed by atoms with Crippen LogP contribution in [0, 0.1) is 0 Å². The minimum Gasteiger partial charge on any atom is -0.304 e. The van der Waals surface area contributed by atoms with Crippen molar-refractivity contribution in [2.45, 2.75) is 19.3 Å². The predicted molar refractivity (Wildman–Crippen MR) is 54.2 cm³/mol. The number of pyridine rings is 1. The van der Waals surface area contributed by atoms with E-state index in [1.54, 1.807) is 0 Å². The van der Waals surface area contributed by atoms with Crippen molar-refractivity contribution in [3.8, 4) is 0 Å². The summed E-state index contributed by atoms with van der Waals surface area (Å²) in [6.45, 7) is 0. The highest BCUT2D eigenvalue weighted by atomic mass is 16.1. The quantitative estimate of drug-likeness (QED) is 0.542. The molecule has 3 nitrogen and oxygen atoms in total. The van der Waals surface area contributed by atoms with E-state index in [1.165, 1.54) is 5.69 Å². The number of aromatic nitrogens is 2. The fourth-order valence-corrected chi connectivity index (χ4v) is 1.54. The van der Waals surface area contributed by atoms with Gasteiger partial charge in [0, 0.05) is 24.5 Å². The minimum atomic E-state index is 0.625. The van der Waals surface area contributed by atoms with E-state index >= 15 is 0 Å². The molecule has 0 saturated carbocycles. The Labute approximate surface area is 82.4 Å². The van der Waals surface area contributed by atoms with Gasteiger partial charge in [-0.3, -0.25) is 0 Å². The Balaban J connectivity index is 2.20. The second kappa shape index (κ2) is 4.05. The number of unbranched alkanes of at least 4 members (excludes halogenated alkanes) is 1. The number of nitrogens with zero attached hydrogens (tertiary/aromatic N) is 2. The molecular formula is C11H12N2O. The van der Waals surface area contributed by atoms with Crippen LogP contribution < -0.4 is 0 Å². The molecule has 72 valence electrons. The SMILES string of the molecule is O=CCCCc1cnc2ccccn12. The lowest BCUT2D eigenvalue weighted by molar-refractivity contribution is -0.107. The third kappa shape index (κ3) is 1.66. The number of aldehydes is 1. The van der Waals surface area contributed by atoms with E-state index in [-0.39, 0.29) is 0 Å². The first-order chi connectivity index (χ1) is 6.92. The molecule has 0 aromatic carbocycles. The smallest absolute Gasteiger partial charge is 0.136 e. The number of rotatable bonds is 4. The minimum absolute atomic E-state index is 0.625. The molecule has 0 fully saturated rings. The van der Waals surface area contributed by atoms with E-state index in [0.29, 0.717) is 6.42 Å². The summed E-state index contributed by atoms with van der Waals surface area (Å²) in [5.74, 6) is 0. The van der Waals surface area contributed by atoms with Gasteiger partial charge in [-0.15, -0.1) is 0 Å². The molecule has 0 radical (unpaired) electrons. The van der Waals surface area contributed by atoms with Gasteiger partial charge >= 0.3 is 0 Å². The van der Waals surface area contributed by atoms with Gasteiger partial charge in [0.1, 0.15) is 11.9 Å².